The van der Waals surface area contributed by atoms with Crippen LogP contribution in [0.3, 0.4) is 0 Å². The number of benzene rings is 2. The number of hydrogen-bond acceptors (Lipinski definition) is 3. The highest BCUT2D eigenvalue weighted by Gasteiger charge is 2.26. The molecule has 5 heteroatoms. The van der Waals surface area contributed by atoms with E-state index in [0.717, 1.165) is 37.1 Å². The van der Waals surface area contributed by atoms with E-state index in [2.05, 4.69) is 42.2 Å². The van der Waals surface area contributed by atoms with Crippen LogP contribution in [-0.4, -0.2) is 47.9 Å². The number of hydrogen-bond donors (Lipinski definition) is 0. The number of carbonyl (C=O) groups is 1. The third-order valence-electron chi connectivity index (χ3n) is 5.99. The Bertz CT molecular complexity index is 1060. The van der Waals surface area contributed by atoms with Crippen molar-refractivity contribution in [3.05, 3.63) is 88.9 Å². The molecular weight excluding hydrogens is 389 g/mol. The van der Waals surface area contributed by atoms with Gasteiger partial charge in [0.2, 0.25) is 0 Å². The lowest BCUT2D eigenvalue weighted by Crippen LogP contribution is -2.40. The van der Waals surface area contributed by atoms with Gasteiger partial charge in [-0.15, -0.1) is 0 Å². The van der Waals surface area contributed by atoms with Gasteiger partial charge in [-0.05, 0) is 86.4 Å². The quantitative estimate of drug-likeness (QED) is 0.610. The topological polar surface area (TPSA) is 36.4 Å². The van der Waals surface area contributed by atoms with Gasteiger partial charge in [-0.2, -0.15) is 0 Å². The summed E-state index contributed by atoms with van der Waals surface area (Å²) in [5.41, 5.74) is 6.19. The number of nitrogens with zero attached hydrogens (tertiary/aromatic N) is 3. The standard InChI is InChI=1S/C26H28FN3O/c1-29(2)17-18-4-5-21-15-24(12-8-20(21)14-18)30(3)26(31)22-9-13-25(28-16-22)19-6-10-23(27)11-7-19/h4-7,9-11,13-14,16,24H,8,12,15,17H2,1-3H3. The number of aryl methyl sites for hydroxylation is 1. The zero-order valence-electron chi connectivity index (χ0n) is 18.3. The fraction of sp³-hybridized carbons (Fsp3) is 0.308. The Labute approximate surface area is 183 Å². The summed E-state index contributed by atoms with van der Waals surface area (Å²) in [4.78, 5) is 21.5. The van der Waals surface area contributed by atoms with Crippen molar-refractivity contribution in [2.45, 2.75) is 31.8 Å². The van der Waals surface area contributed by atoms with Crippen molar-refractivity contribution in [2.24, 2.45) is 0 Å². The molecule has 0 fully saturated rings. The van der Waals surface area contributed by atoms with Gasteiger partial charge in [-0.25, -0.2) is 4.39 Å². The van der Waals surface area contributed by atoms with E-state index in [-0.39, 0.29) is 17.8 Å². The predicted molar refractivity (Wildman–Crippen MR) is 121 cm³/mol. The van der Waals surface area contributed by atoms with Crippen LogP contribution in [0, 0.1) is 5.82 Å². The van der Waals surface area contributed by atoms with Gasteiger partial charge in [0.1, 0.15) is 5.82 Å². The van der Waals surface area contributed by atoms with E-state index in [0.29, 0.717) is 5.56 Å². The number of likely N-dealkylation sites (N-methyl/N-ethyl adjacent to an activating group) is 1. The van der Waals surface area contributed by atoms with Gasteiger partial charge in [0.25, 0.3) is 5.91 Å². The van der Waals surface area contributed by atoms with Crippen LogP contribution >= 0.6 is 0 Å². The SMILES string of the molecule is CN(C)Cc1ccc2c(c1)CCC(N(C)C(=O)c1ccc(-c3ccc(F)cc3)nc1)C2. The van der Waals surface area contributed by atoms with Crippen LogP contribution in [0.15, 0.2) is 60.8 Å². The number of fused-ring (bicyclic) bond motifs is 1. The molecule has 31 heavy (non-hydrogen) atoms. The summed E-state index contributed by atoms with van der Waals surface area (Å²) >= 11 is 0. The molecule has 0 radical (unpaired) electrons. The first-order valence-corrected chi connectivity index (χ1v) is 10.7. The number of carbonyl (C=O) groups excluding carboxylic acids is 1. The molecule has 1 amide bonds. The highest BCUT2D eigenvalue weighted by Crippen LogP contribution is 2.26. The molecule has 4 nitrogen and oxygen atoms in total. The molecule has 3 aromatic rings. The molecule has 0 saturated carbocycles. The molecule has 4 rings (SSSR count). The molecule has 0 bridgehead atoms. The maximum Gasteiger partial charge on any atom is 0.255 e. The molecule has 0 aliphatic heterocycles. The van der Waals surface area contributed by atoms with E-state index in [1.165, 1.54) is 28.8 Å². The van der Waals surface area contributed by atoms with Gasteiger partial charge in [0.05, 0.1) is 11.3 Å². The van der Waals surface area contributed by atoms with E-state index < -0.39 is 0 Å². The Morgan fingerprint density at radius 1 is 1.03 bits per heavy atom. The van der Waals surface area contributed by atoms with Crippen molar-refractivity contribution in [3.8, 4) is 11.3 Å². The summed E-state index contributed by atoms with van der Waals surface area (Å²) in [6, 6.07) is 16.7. The monoisotopic (exact) mass is 417 g/mol. The fourth-order valence-electron chi connectivity index (χ4n) is 4.26. The minimum atomic E-state index is -0.278. The summed E-state index contributed by atoms with van der Waals surface area (Å²) in [7, 11) is 6.04. The van der Waals surface area contributed by atoms with Gasteiger partial charge >= 0.3 is 0 Å². The third-order valence-corrected chi connectivity index (χ3v) is 5.99. The number of pyridine rings is 1. The number of amides is 1. The summed E-state index contributed by atoms with van der Waals surface area (Å²) < 4.78 is 13.1. The van der Waals surface area contributed by atoms with Gasteiger partial charge in [-0.3, -0.25) is 9.78 Å². The van der Waals surface area contributed by atoms with Gasteiger partial charge in [0.15, 0.2) is 0 Å². The van der Waals surface area contributed by atoms with Crippen LogP contribution in [0.2, 0.25) is 0 Å². The average molecular weight is 418 g/mol. The molecule has 2 aromatic carbocycles. The molecule has 1 heterocycles. The summed E-state index contributed by atoms with van der Waals surface area (Å²) in [6.07, 6.45) is 4.44. The second-order valence-electron chi connectivity index (χ2n) is 8.59. The first-order chi connectivity index (χ1) is 14.9. The van der Waals surface area contributed by atoms with Crippen molar-refractivity contribution < 1.29 is 9.18 Å². The van der Waals surface area contributed by atoms with Crippen LogP contribution in [0.4, 0.5) is 4.39 Å². The van der Waals surface area contributed by atoms with Crippen LogP contribution < -0.4 is 0 Å². The van der Waals surface area contributed by atoms with Crippen molar-refractivity contribution in [1.82, 2.24) is 14.8 Å². The molecule has 1 unspecified atom stereocenters. The zero-order valence-corrected chi connectivity index (χ0v) is 18.3. The summed E-state index contributed by atoms with van der Waals surface area (Å²) in [5.74, 6) is -0.295. The average Bonchev–Trinajstić information content (AvgIpc) is 2.78. The van der Waals surface area contributed by atoms with Crippen molar-refractivity contribution in [2.75, 3.05) is 21.1 Å². The van der Waals surface area contributed by atoms with E-state index in [1.807, 2.05) is 18.0 Å². The lowest BCUT2D eigenvalue weighted by molar-refractivity contribution is 0.0718. The van der Waals surface area contributed by atoms with Crippen molar-refractivity contribution in [1.29, 1.82) is 0 Å². The van der Waals surface area contributed by atoms with E-state index in [9.17, 15) is 9.18 Å². The highest BCUT2D eigenvalue weighted by atomic mass is 19.1. The van der Waals surface area contributed by atoms with Gasteiger partial charge in [-0.1, -0.05) is 18.2 Å². The van der Waals surface area contributed by atoms with Crippen LogP contribution in [0.5, 0.6) is 0 Å². The normalized spacial score (nSPS) is 15.6. The highest BCUT2D eigenvalue weighted by molar-refractivity contribution is 5.94. The van der Waals surface area contributed by atoms with Gasteiger partial charge < -0.3 is 9.80 Å². The molecule has 1 aliphatic rings. The molecule has 1 aliphatic carbocycles. The first kappa shape index (κ1) is 21.2. The minimum Gasteiger partial charge on any atom is -0.338 e. The molecule has 0 N–H and O–H groups in total. The maximum atomic E-state index is 13.1. The Morgan fingerprint density at radius 3 is 2.48 bits per heavy atom. The third kappa shape index (κ3) is 4.83. The maximum absolute atomic E-state index is 13.1. The van der Waals surface area contributed by atoms with Crippen LogP contribution in [0.25, 0.3) is 11.3 Å². The molecule has 0 saturated heterocycles. The molecule has 160 valence electrons. The molecular formula is C26H28FN3O. The predicted octanol–water partition coefficient (Wildman–Crippen LogP) is 4.58. The lowest BCUT2D eigenvalue weighted by Gasteiger charge is -2.33. The van der Waals surface area contributed by atoms with Crippen LogP contribution in [-0.2, 0) is 19.4 Å². The lowest BCUT2D eigenvalue weighted by atomic mass is 9.86. The van der Waals surface area contributed by atoms with E-state index >= 15 is 0 Å². The Kier molecular flexibility index (Phi) is 6.14. The van der Waals surface area contributed by atoms with Crippen LogP contribution in [0.1, 0.15) is 33.5 Å². The fourth-order valence-corrected chi connectivity index (χ4v) is 4.26. The Hall–Kier alpha value is -3.05. The Balaban J connectivity index is 1.44. The summed E-state index contributed by atoms with van der Waals surface area (Å²) in [6.45, 7) is 0.940. The molecule has 1 atom stereocenters. The number of halogens is 1. The van der Waals surface area contributed by atoms with E-state index in [4.69, 9.17) is 0 Å². The van der Waals surface area contributed by atoms with E-state index in [1.54, 1.807) is 24.4 Å². The smallest absolute Gasteiger partial charge is 0.255 e. The first-order valence-electron chi connectivity index (χ1n) is 10.7. The van der Waals surface area contributed by atoms with Crippen molar-refractivity contribution >= 4 is 5.91 Å². The minimum absolute atomic E-state index is 0.0177. The van der Waals surface area contributed by atoms with Crippen molar-refractivity contribution in [3.63, 3.8) is 0 Å². The molecule has 0 spiro atoms. The summed E-state index contributed by atoms with van der Waals surface area (Å²) in [5, 5.41) is 0. The Morgan fingerprint density at radius 2 is 1.81 bits per heavy atom. The zero-order chi connectivity index (χ0) is 22.0. The largest absolute Gasteiger partial charge is 0.338 e. The second-order valence-corrected chi connectivity index (χ2v) is 8.59. The van der Waals surface area contributed by atoms with Gasteiger partial charge in [0, 0.05) is 31.4 Å². The number of rotatable bonds is 5. The molecule has 1 aromatic heterocycles. The number of aromatic nitrogens is 1. The second kappa shape index (κ2) is 8.98.